The van der Waals surface area contributed by atoms with Gasteiger partial charge in [-0.05, 0) is 36.4 Å². The van der Waals surface area contributed by atoms with Gasteiger partial charge in [0, 0.05) is 4.70 Å². The van der Waals surface area contributed by atoms with Crippen molar-refractivity contribution in [2.24, 2.45) is 0 Å². The van der Waals surface area contributed by atoms with Crippen molar-refractivity contribution in [1.82, 2.24) is 4.57 Å². The number of benzene rings is 2. The first-order chi connectivity index (χ1) is 9.70. The lowest BCUT2D eigenvalue weighted by molar-refractivity contribution is 0.414. The van der Waals surface area contributed by atoms with Gasteiger partial charge in [-0.3, -0.25) is 9.59 Å². The van der Waals surface area contributed by atoms with Crippen LogP contribution >= 0.6 is 11.3 Å². The molecule has 2 aromatic carbocycles. The fourth-order valence-electron chi connectivity index (χ4n) is 2.03. The van der Waals surface area contributed by atoms with Gasteiger partial charge in [0.1, 0.15) is 5.75 Å². The summed E-state index contributed by atoms with van der Waals surface area (Å²) in [4.78, 5) is 24.3. The molecule has 0 amide bonds. The monoisotopic (exact) mass is 285 g/mol. The van der Waals surface area contributed by atoms with Gasteiger partial charge in [0.05, 0.1) is 18.2 Å². The van der Waals surface area contributed by atoms with E-state index in [-0.39, 0.29) is 10.4 Å². The maximum Gasteiger partial charge on any atom is 0.315 e. The predicted octanol–water partition coefficient (Wildman–Crippen LogP) is 2.42. The molecule has 0 N–H and O–H groups in total. The number of aromatic nitrogens is 1. The summed E-state index contributed by atoms with van der Waals surface area (Å²) in [6.07, 6.45) is 0. The zero-order valence-electron chi connectivity index (χ0n) is 10.7. The standard InChI is InChI=1S/C15H11NO3S/c1-19-11-8-6-10(7-9-11)16-14(17)12-4-2-3-5-13(12)20-15(16)18/h2-9H,1H3. The molecule has 20 heavy (non-hydrogen) atoms. The molecule has 1 heterocycles. The van der Waals surface area contributed by atoms with Crippen molar-refractivity contribution in [3.63, 3.8) is 0 Å². The van der Waals surface area contributed by atoms with Gasteiger partial charge in [0.2, 0.25) is 0 Å². The molecule has 0 atom stereocenters. The van der Waals surface area contributed by atoms with E-state index < -0.39 is 0 Å². The van der Waals surface area contributed by atoms with Gasteiger partial charge in [-0.15, -0.1) is 0 Å². The number of hydrogen-bond donors (Lipinski definition) is 0. The quantitative estimate of drug-likeness (QED) is 0.726. The van der Waals surface area contributed by atoms with Crippen molar-refractivity contribution < 1.29 is 4.74 Å². The van der Waals surface area contributed by atoms with Gasteiger partial charge in [0.15, 0.2) is 0 Å². The maximum absolute atomic E-state index is 12.4. The first-order valence-electron chi connectivity index (χ1n) is 6.00. The van der Waals surface area contributed by atoms with E-state index in [1.165, 1.54) is 4.57 Å². The minimum Gasteiger partial charge on any atom is -0.497 e. The number of ether oxygens (including phenoxy) is 1. The van der Waals surface area contributed by atoms with Crippen LogP contribution in [-0.4, -0.2) is 11.7 Å². The second-order valence-corrected chi connectivity index (χ2v) is 5.20. The maximum atomic E-state index is 12.4. The van der Waals surface area contributed by atoms with E-state index in [0.29, 0.717) is 21.5 Å². The van der Waals surface area contributed by atoms with Gasteiger partial charge < -0.3 is 4.74 Å². The molecule has 0 saturated heterocycles. The second kappa shape index (κ2) is 4.94. The molecule has 0 aliphatic rings. The van der Waals surface area contributed by atoms with Crippen LogP contribution in [0.5, 0.6) is 5.75 Å². The molecule has 3 aromatic rings. The predicted molar refractivity (Wildman–Crippen MR) is 80.2 cm³/mol. The van der Waals surface area contributed by atoms with Crippen molar-refractivity contribution in [1.29, 1.82) is 0 Å². The molecule has 0 aliphatic heterocycles. The van der Waals surface area contributed by atoms with Crippen LogP contribution in [0, 0.1) is 0 Å². The minimum absolute atomic E-state index is 0.293. The lowest BCUT2D eigenvalue weighted by Crippen LogP contribution is -2.29. The zero-order chi connectivity index (χ0) is 14.1. The summed E-state index contributed by atoms with van der Waals surface area (Å²) < 4.78 is 6.96. The lowest BCUT2D eigenvalue weighted by atomic mass is 10.2. The molecule has 0 fully saturated rings. The van der Waals surface area contributed by atoms with E-state index in [9.17, 15) is 9.59 Å². The first kappa shape index (κ1) is 12.6. The first-order valence-corrected chi connectivity index (χ1v) is 6.81. The van der Waals surface area contributed by atoms with Crippen LogP contribution in [0.3, 0.4) is 0 Å². The van der Waals surface area contributed by atoms with Gasteiger partial charge in [-0.2, -0.15) is 0 Å². The van der Waals surface area contributed by atoms with Crippen LogP contribution in [0.2, 0.25) is 0 Å². The molecule has 3 rings (SSSR count). The van der Waals surface area contributed by atoms with Crippen molar-refractivity contribution in [3.05, 3.63) is 68.6 Å². The second-order valence-electron chi connectivity index (χ2n) is 4.20. The van der Waals surface area contributed by atoms with Crippen LogP contribution in [0.1, 0.15) is 0 Å². The van der Waals surface area contributed by atoms with Crippen molar-refractivity contribution in [2.45, 2.75) is 0 Å². The Hall–Kier alpha value is -2.40. The summed E-state index contributed by atoms with van der Waals surface area (Å²) >= 11 is 1.06. The molecule has 0 bridgehead atoms. The number of nitrogens with zero attached hydrogens (tertiary/aromatic N) is 1. The van der Waals surface area contributed by atoms with Crippen LogP contribution in [0.25, 0.3) is 15.8 Å². The largest absolute Gasteiger partial charge is 0.497 e. The van der Waals surface area contributed by atoms with E-state index in [1.807, 2.05) is 6.07 Å². The van der Waals surface area contributed by atoms with E-state index >= 15 is 0 Å². The fourth-order valence-corrected chi connectivity index (χ4v) is 2.91. The average molecular weight is 285 g/mol. The van der Waals surface area contributed by atoms with E-state index in [2.05, 4.69) is 0 Å². The molecular formula is C15H11NO3S. The van der Waals surface area contributed by atoms with Crippen molar-refractivity contribution >= 4 is 21.4 Å². The molecule has 4 nitrogen and oxygen atoms in total. The van der Waals surface area contributed by atoms with Crippen molar-refractivity contribution in [2.75, 3.05) is 7.11 Å². The molecule has 0 aliphatic carbocycles. The summed E-state index contributed by atoms with van der Waals surface area (Å²) in [5, 5.41) is 0.549. The fraction of sp³-hybridized carbons (Fsp3) is 0.0667. The number of fused-ring (bicyclic) bond motifs is 1. The summed E-state index contributed by atoms with van der Waals surface area (Å²) in [5.74, 6) is 0.679. The van der Waals surface area contributed by atoms with E-state index in [1.54, 1.807) is 49.6 Å². The van der Waals surface area contributed by atoms with Gasteiger partial charge in [-0.25, -0.2) is 4.57 Å². The molecule has 5 heteroatoms. The number of rotatable bonds is 2. The Kier molecular flexibility index (Phi) is 3.12. The average Bonchev–Trinajstić information content (AvgIpc) is 2.48. The molecular weight excluding hydrogens is 274 g/mol. The van der Waals surface area contributed by atoms with Crippen molar-refractivity contribution in [3.8, 4) is 11.4 Å². The van der Waals surface area contributed by atoms with Crippen LogP contribution < -0.4 is 15.2 Å². The Bertz CT molecular complexity index is 878. The zero-order valence-corrected chi connectivity index (χ0v) is 11.5. The third-order valence-electron chi connectivity index (χ3n) is 3.03. The molecule has 0 spiro atoms. The Morgan fingerprint density at radius 1 is 1.00 bits per heavy atom. The van der Waals surface area contributed by atoms with E-state index in [0.717, 1.165) is 11.3 Å². The van der Waals surface area contributed by atoms with Crippen LogP contribution in [0.15, 0.2) is 58.1 Å². The highest BCUT2D eigenvalue weighted by Gasteiger charge is 2.09. The summed E-state index contributed by atoms with van der Waals surface area (Å²) in [6.45, 7) is 0. The van der Waals surface area contributed by atoms with Crippen LogP contribution in [0.4, 0.5) is 0 Å². The topological polar surface area (TPSA) is 48.3 Å². The summed E-state index contributed by atoms with van der Waals surface area (Å²) in [7, 11) is 1.57. The summed E-state index contributed by atoms with van der Waals surface area (Å²) in [6, 6.07) is 14.0. The molecule has 0 unspecified atom stereocenters. The molecule has 100 valence electrons. The third-order valence-corrected chi connectivity index (χ3v) is 3.96. The Morgan fingerprint density at radius 3 is 2.40 bits per heavy atom. The Labute approximate surface area is 118 Å². The van der Waals surface area contributed by atoms with Crippen LogP contribution in [-0.2, 0) is 0 Å². The normalized spacial score (nSPS) is 10.7. The lowest BCUT2D eigenvalue weighted by Gasteiger charge is -2.06. The minimum atomic E-state index is -0.297. The van der Waals surface area contributed by atoms with Gasteiger partial charge in [-0.1, -0.05) is 23.5 Å². The van der Waals surface area contributed by atoms with E-state index in [4.69, 9.17) is 4.74 Å². The number of hydrogen-bond acceptors (Lipinski definition) is 4. The highest BCUT2D eigenvalue weighted by Crippen LogP contribution is 2.15. The molecule has 1 aromatic heterocycles. The Balaban J connectivity index is 2.30. The highest BCUT2D eigenvalue weighted by atomic mass is 32.1. The SMILES string of the molecule is COc1ccc(-n2c(=O)sc3ccccc3c2=O)cc1. The van der Waals surface area contributed by atoms with Gasteiger partial charge >= 0.3 is 4.87 Å². The molecule has 0 saturated carbocycles. The molecule has 0 radical (unpaired) electrons. The van der Waals surface area contributed by atoms with Gasteiger partial charge in [0.25, 0.3) is 5.56 Å². The number of methoxy groups -OCH3 is 1. The smallest absolute Gasteiger partial charge is 0.315 e. The summed E-state index contributed by atoms with van der Waals surface area (Å²) in [5.41, 5.74) is 0.248. The third kappa shape index (κ3) is 2.02. The highest BCUT2D eigenvalue weighted by molar-refractivity contribution is 7.16. The Morgan fingerprint density at radius 2 is 1.70 bits per heavy atom.